The number of allylic oxidation sites excluding steroid dienone is 1. The Hall–Kier alpha value is -2.03. The van der Waals surface area contributed by atoms with Crippen LogP contribution < -0.4 is 5.73 Å². The fourth-order valence-corrected chi connectivity index (χ4v) is 1.07. The maximum absolute atomic E-state index is 13.1. The van der Waals surface area contributed by atoms with Gasteiger partial charge in [-0.25, -0.2) is 4.39 Å². The van der Waals surface area contributed by atoms with Crippen molar-refractivity contribution in [1.82, 2.24) is 0 Å². The Morgan fingerprint density at radius 1 is 1.38 bits per heavy atom. The van der Waals surface area contributed by atoms with Crippen molar-refractivity contribution in [1.29, 1.82) is 5.26 Å². The number of rotatable bonds is 1. The Morgan fingerprint density at radius 2 is 2.00 bits per heavy atom. The second-order valence-electron chi connectivity index (χ2n) is 2.92. The van der Waals surface area contributed by atoms with Gasteiger partial charge in [-0.1, -0.05) is 0 Å². The molecule has 0 spiro atoms. The van der Waals surface area contributed by atoms with E-state index in [0.717, 1.165) is 6.08 Å². The van der Waals surface area contributed by atoms with Gasteiger partial charge in [-0.15, -0.1) is 0 Å². The number of hydrogen-bond acceptors (Lipinski definition) is 2. The number of nitriles is 1. The second-order valence-corrected chi connectivity index (χ2v) is 2.92. The quantitative estimate of drug-likeness (QED) is 0.595. The lowest BCUT2D eigenvalue weighted by Gasteiger charge is -2.09. The maximum atomic E-state index is 13.1. The number of halogens is 4. The Bertz CT molecular complexity index is 469. The normalized spacial score (nSPS) is 12.3. The minimum Gasteiger partial charge on any atom is -0.398 e. The van der Waals surface area contributed by atoms with Crippen LogP contribution in [-0.4, -0.2) is 0 Å². The molecule has 0 bridgehead atoms. The topological polar surface area (TPSA) is 49.8 Å². The lowest BCUT2D eigenvalue weighted by Crippen LogP contribution is -2.08. The van der Waals surface area contributed by atoms with E-state index in [2.05, 4.69) is 0 Å². The van der Waals surface area contributed by atoms with Crippen LogP contribution in [0.4, 0.5) is 17.6 Å². The van der Waals surface area contributed by atoms with Crippen LogP contribution in [0.25, 0.3) is 5.70 Å². The first-order chi connectivity index (χ1) is 7.36. The van der Waals surface area contributed by atoms with E-state index in [0.29, 0.717) is 18.2 Å². The summed E-state index contributed by atoms with van der Waals surface area (Å²) in [4.78, 5) is 0. The van der Waals surface area contributed by atoms with Crippen LogP contribution in [0.1, 0.15) is 11.1 Å². The molecule has 0 saturated heterocycles. The predicted octanol–water partition coefficient (Wildman–Crippen LogP) is 2.67. The fraction of sp³-hybridized carbons (Fsp3) is 0.100. The van der Waals surface area contributed by atoms with Crippen molar-refractivity contribution in [2.75, 3.05) is 0 Å². The van der Waals surface area contributed by atoms with Gasteiger partial charge in [0.1, 0.15) is 5.82 Å². The molecule has 1 aromatic carbocycles. The molecule has 6 heteroatoms. The van der Waals surface area contributed by atoms with Crippen molar-refractivity contribution in [2.24, 2.45) is 5.73 Å². The molecule has 0 aliphatic rings. The van der Waals surface area contributed by atoms with Crippen molar-refractivity contribution in [2.45, 2.75) is 6.18 Å². The molecule has 0 aliphatic heterocycles. The monoisotopic (exact) mass is 230 g/mol. The van der Waals surface area contributed by atoms with E-state index < -0.39 is 23.1 Å². The lowest BCUT2D eigenvalue weighted by atomic mass is 10.1. The van der Waals surface area contributed by atoms with Crippen molar-refractivity contribution in [3.8, 4) is 6.07 Å². The smallest absolute Gasteiger partial charge is 0.398 e. The van der Waals surface area contributed by atoms with E-state index in [-0.39, 0.29) is 5.70 Å². The molecule has 0 heterocycles. The van der Waals surface area contributed by atoms with Crippen LogP contribution in [0.15, 0.2) is 24.3 Å². The van der Waals surface area contributed by atoms with E-state index in [1.54, 1.807) is 0 Å². The summed E-state index contributed by atoms with van der Waals surface area (Å²) in [6.45, 7) is 0. The lowest BCUT2D eigenvalue weighted by molar-refractivity contribution is -0.137. The largest absolute Gasteiger partial charge is 0.416 e. The average molecular weight is 230 g/mol. The van der Waals surface area contributed by atoms with Crippen molar-refractivity contribution < 1.29 is 17.6 Å². The summed E-state index contributed by atoms with van der Waals surface area (Å²) in [5.41, 5.74) is 3.46. The zero-order valence-corrected chi connectivity index (χ0v) is 7.85. The van der Waals surface area contributed by atoms with Gasteiger partial charge in [0.2, 0.25) is 0 Å². The van der Waals surface area contributed by atoms with E-state index in [1.807, 2.05) is 0 Å². The summed E-state index contributed by atoms with van der Waals surface area (Å²) in [5.74, 6) is -0.906. The summed E-state index contributed by atoms with van der Waals surface area (Å²) in [7, 11) is 0. The van der Waals surface area contributed by atoms with Crippen molar-refractivity contribution in [3.05, 3.63) is 41.2 Å². The number of benzene rings is 1. The molecule has 1 rings (SSSR count). The highest BCUT2D eigenvalue weighted by Crippen LogP contribution is 2.31. The number of nitrogens with two attached hydrogens (primary N) is 1. The van der Waals surface area contributed by atoms with E-state index in [4.69, 9.17) is 11.0 Å². The van der Waals surface area contributed by atoms with Crippen LogP contribution in [0.3, 0.4) is 0 Å². The number of alkyl halides is 3. The van der Waals surface area contributed by atoms with Gasteiger partial charge in [-0.3, -0.25) is 0 Å². The van der Waals surface area contributed by atoms with Gasteiger partial charge in [0, 0.05) is 11.6 Å². The van der Waals surface area contributed by atoms with Gasteiger partial charge in [0.25, 0.3) is 0 Å². The zero-order valence-electron chi connectivity index (χ0n) is 7.85. The molecule has 0 unspecified atom stereocenters. The molecule has 0 saturated carbocycles. The van der Waals surface area contributed by atoms with Gasteiger partial charge in [-0.2, -0.15) is 18.4 Å². The first-order valence-electron chi connectivity index (χ1n) is 4.08. The number of nitrogens with zero attached hydrogens (tertiary/aromatic N) is 1. The maximum Gasteiger partial charge on any atom is 0.416 e. The summed E-state index contributed by atoms with van der Waals surface area (Å²) in [5, 5.41) is 8.27. The van der Waals surface area contributed by atoms with Gasteiger partial charge in [-0.05, 0) is 18.2 Å². The Kier molecular flexibility index (Phi) is 3.18. The highest BCUT2D eigenvalue weighted by Gasteiger charge is 2.31. The standard InChI is InChI=1S/C10H6F4N2/c11-8-2-1-6(10(12,13)14)5-7(8)9(16)3-4-15/h1-3,5H,16H2/b9-3+. The highest BCUT2D eigenvalue weighted by molar-refractivity contribution is 5.65. The zero-order chi connectivity index (χ0) is 12.3. The van der Waals surface area contributed by atoms with Crippen LogP contribution in [0.2, 0.25) is 0 Å². The summed E-state index contributed by atoms with van der Waals surface area (Å²) in [6, 6.07) is 3.36. The number of hydrogen-bond donors (Lipinski definition) is 1. The highest BCUT2D eigenvalue weighted by atomic mass is 19.4. The van der Waals surface area contributed by atoms with Crippen LogP contribution in [0.5, 0.6) is 0 Å². The molecule has 2 nitrogen and oxygen atoms in total. The molecule has 84 valence electrons. The summed E-state index contributed by atoms with van der Waals surface area (Å²) >= 11 is 0. The molecule has 2 N–H and O–H groups in total. The van der Waals surface area contributed by atoms with Crippen LogP contribution in [-0.2, 0) is 6.18 Å². The third-order valence-corrected chi connectivity index (χ3v) is 1.82. The van der Waals surface area contributed by atoms with Gasteiger partial charge >= 0.3 is 6.18 Å². The first-order valence-corrected chi connectivity index (χ1v) is 4.08. The van der Waals surface area contributed by atoms with Crippen molar-refractivity contribution in [3.63, 3.8) is 0 Å². The van der Waals surface area contributed by atoms with E-state index in [1.165, 1.54) is 6.07 Å². The molecule has 0 amide bonds. The molecule has 0 radical (unpaired) electrons. The predicted molar refractivity (Wildman–Crippen MR) is 49.2 cm³/mol. The third-order valence-electron chi connectivity index (χ3n) is 1.82. The Labute approximate surface area is 88.6 Å². The molecule has 0 atom stereocenters. The SMILES string of the molecule is N#C/C=C(/N)c1cc(C(F)(F)F)ccc1F. The molecule has 0 aromatic heterocycles. The first kappa shape index (κ1) is 12.0. The minimum atomic E-state index is -4.57. The van der Waals surface area contributed by atoms with Crippen LogP contribution in [0, 0.1) is 17.1 Å². The summed E-state index contributed by atoms with van der Waals surface area (Å²) in [6.07, 6.45) is -3.80. The fourth-order valence-electron chi connectivity index (χ4n) is 1.07. The van der Waals surface area contributed by atoms with Crippen molar-refractivity contribution >= 4 is 5.70 Å². The molecular weight excluding hydrogens is 224 g/mol. The molecular formula is C10H6F4N2. The van der Waals surface area contributed by atoms with Crippen LogP contribution >= 0.6 is 0 Å². The van der Waals surface area contributed by atoms with Gasteiger partial charge in [0.05, 0.1) is 17.3 Å². The third kappa shape index (κ3) is 2.51. The van der Waals surface area contributed by atoms with Gasteiger partial charge in [0.15, 0.2) is 0 Å². The molecule has 1 aromatic rings. The van der Waals surface area contributed by atoms with E-state index >= 15 is 0 Å². The minimum absolute atomic E-state index is 0.342. The van der Waals surface area contributed by atoms with E-state index in [9.17, 15) is 17.6 Å². The van der Waals surface area contributed by atoms with Gasteiger partial charge < -0.3 is 5.73 Å². The average Bonchev–Trinajstić information content (AvgIpc) is 2.16. The Balaban J connectivity index is 3.31. The molecule has 16 heavy (non-hydrogen) atoms. The second kappa shape index (κ2) is 4.23. The summed E-state index contributed by atoms with van der Waals surface area (Å²) < 4.78 is 50.0. The molecule has 0 fully saturated rings. The Morgan fingerprint density at radius 3 is 2.50 bits per heavy atom. The molecule has 0 aliphatic carbocycles.